The van der Waals surface area contributed by atoms with Gasteiger partial charge in [0.05, 0.1) is 28.9 Å². The van der Waals surface area contributed by atoms with Gasteiger partial charge in [0.15, 0.2) is 5.78 Å². The van der Waals surface area contributed by atoms with Gasteiger partial charge in [-0.15, -0.1) is 0 Å². The van der Waals surface area contributed by atoms with Crippen LogP contribution >= 0.6 is 0 Å². The van der Waals surface area contributed by atoms with Gasteiger partial charge in [-0.25, -0.2) is 4.79 Å². The van der Waals surface area contributed by atoms with Gasteiger partial charge in [-0.3, -0.25) is 9.69 Å². The smallest absolute Gasteiger partial charge is 0.326 e. The second kappa shape index (κ2) is 9.40. The number of urea groups is 1. The van der Waals surface area contributed by atoms with E-state index >= 15 is 0 Å². The number of benzene rings is 2. The Bertz CT molecular complexity index is 1420. The molecule has 1 saturated carbocycles. The summed E-state index contributed by atoms with van der Waals surface area (Å²) in [7, 11) is 0. The number of hydrogen-bond donors (Lipinski definition) is 1. The molecule has 188 valence electrons. The first-order valence-corrected chi connectivity index (χ1v) is 12.1. The van der Waals surface area contributed by atoms with Crippen LogP contribution in [-0.4, -0.2) is 11.8 Å². The van der Waals surface area contributed by atoms with E-state index < -0.39 is 23.8 Å². The Morgan fingerprint density at radius 3 is 2.59 bits per heavy atom. The molecule has 2 amide bonds. The van der Waals surface area contributed by atoms with E-state index in [1.807, 2.05) is 19.1 Å². The molecule has 0 radical (unpaired) electrons. The molecule has 2 aromatic carbocycles. The van der Waals surface area contributed by atoms with Crippen molar-refractivity contribution < 1.29 is 22.8 Å². The van der Waals surface area contributed by atoms with Crippen molar-refractivity contribution in [1.29, 1.82) is 5.26 Å². The Morgan fingerprint density at radius 2 is 1.92 bits per heavy atom. The largest absolute Gasteiger partial charge is 0.416 e. The quantitative estimate of drug-likeness (QED) is 0.454. The molecule has 1 N–H and O–H groups in total. The topological polar surface area (TPSA) is 73.2 Å². The lowest BCUT2D eigenvalue weighted by Gasteiger charge is -2.35. The zero-order valence-electron chi connectivity index (χ0n) is 20.1. The van der Waals surface area contributed by atoms with Crippen LogP contribution < -0.4 is 10.2 Å². The minimum atomic E-state index is -4.57. The van der Waals surface area contributed by atoms with Crippen LogP contribution in [-0.2, 0) is 11.0 Å². The van der Waals surface area contributed by atoms with Crippen molar-refractivity contribution in [1.82, 2.24) is 5.32 Å². The second-order valence-electron chi connectivity index (χ2n) is 9.40. The number of nitrogens with one attached hydrogen (secondary N) is 1. The van der Waals surface area contributed by atoms with Crippen molar-refractivity contribution in [3.8, 4) is 6.07 Å². The third-order valence-electron chi connectivity index (χ3n) is 6.95. The molecule has 2 aliphatic carbocycles. The average molecular weight is 504 g/mol. The highest BCUT2D eigenvalue weighted by Gasteiger charge is 2.42. The van der Waals surface area contributed by atoms with E-state index in [9.17, 15) is 28.0 Å². The molecule has 0 spiro atoms. The highest BCUT2D eigenvalue weighted by molar-refractivity contribution is 6.08. The third kappa shape index (κ3) is 4.69. The van der Waals surface area contributed by atoms with Gasteiger partial charge in [-0.1, -0.05) is 30.4 Å². The lowest BCUT2D eigenvalue weighted by atomic mass is 9.87. The number of ketones is 1. The number of nitrogens with zero attached hydrogens (tertiary/aromatic N) is 2. The molecule has 3 aliphatic rings. The Kier molecular flexibility index (Phi) is 6.24. The standard InChI is InChI=1S/C29H24F3N3O2/c1-2-19(10-8-17-6-7-17)23-14-18(16-33)9-11-22(23)27-26-24(12-13-25(26)36)35(28(37)34-27)21-5-3-4-20(15-21)29(30,31)32/h2-5,8-11,14-15,17,27H,6-7,12-13H2,1H3,(H,34,37)/b10-8-,19-2+. The molecule has 1 unspecified atom stereocenters. The van der Waals surface area contributed by atoms with Gasteiger partial charge >= 0.3 is 12.2 Å². The fourth-order valence-corrected chi connectivity index (χ4v) is 4.93. The number of Topliss-reactive ketones (excluding diaryl/α,β-unsaturated/α-hetero) is 1. The number of allylic oxidation sites excluding steroid dienone is 5. The molecule has 2 aromatic rings. The van der Waals surface area contributed by atoms with Crippen molar-refractivity contribution in [3.63, 3.8) is 0 Å². The van der Waals surface area contributed by atoms with Gasteiger partial charge < -0.3 is 5.32 Å². The molecule has 5 rings (SSSR count). The number of carbonyl (C=O) groups excluding carboxylic acids is 2. The van der Waals surface area contributed by atoms with E-state index in [4.69, 9.17) is 0 Å². The van der Waals surface area contributed by atoms with Crippen LogP contribution in [0.2, 0.25) is 0 Å². The van der Waals surface area contributed by atoms with E-state index in [0.29, 0.717) is 28.3 Å². The van der Waals surface area contributed by atoms with Crippen molar-refractivity contribution >= 4 is 23.1 Å². The van der Waals surface area contributed by atoms with E-state index in [1.165, 1.54) is 17.0 Å². The molecule has 1 aliphatic heterocycles. The van der Waals surface area contributed by atoms with Gasteiger partial charge in [0, 0.05) is 17.7 Å². The molecule has 0 aromatic heterocycles. The maximum Gasteiger partial charge on any atom is 0.416 e. The fraction of sp³-hybridized carbons (Fsp3) is 0.276. The minimum Gasteiger partial charge on any atom is -0.326 e. The summed E-state index contributed by atoms with van der Waals surface area (Å²) in [4.78, 5) is 27.7. The SMILES string of the molecule is C/C=C(\C=C/C1CC1)c1cc(C#N)ccc1C1NC(=O)N(c2cccc(C(F)(F)F)c2)C2=C1C(=O)CC2. The van der Waals surface area contributed by atoms with Crippen molar-refractivity contribution in [2.24, 2.45) is 5.92 Å². The molecule has 37 heavy (non-hydrogen) atoms. The lowest BCUT2D eigenvalue weighted by Crippen LogP contribution is -2.47. The second-order valence-corrected chi connectivity index (χ2v) is 9.40. The van der Waals surface area contributed by atoms with Crippen LogP contribution in [0.3, 0.4) is 0 Å². The van der Waals surface area contributed by atoms with Gasteiger partial charge in [0.25, 0.3) is 0 Å². The van der Waals surface area contributed by atoms with E-state index in [-0.39, 0.29) is 24.3 Å². The first-order chi connectivity index (χ1) is 17.7. The van der Waals surface area contributed by atoms with Gasteiger partial charge in [-0.2, -0.15) is 18.4 Å². The molecule has 0 bridgehead atoms. The maximum absolute atomic E-state index is 13.4. The molecular formula is C29H24F3N3O2. The summed E-state index contributed by atoms with van der Waals surface area (Å²) in [6.45, 7) is 1.88. The number of hydrogen-bond acceptors (Lipinski definition) is 3. The molecule has 1 atom stereocenters. The van der Waals surface area contributed by atoms with Crippen LogP contribution in [0.1, 0.15) is 60.9 Å². The third-order valence-corrected chi connectivity index (χ3v) is 6.95. The van der Waals surface area contributed by atoms with Crippen LogP contribution in [0, 0.1) is 17.2 Å². The van der Waals surface area contributed by atoms with Crippen molar-refractivity contribution in [2.45, 2.75) is 44.8 Å². The first kappa shape index (κ1) is 24.6. The maximum atomic E-state index is 13.4. The zero-order valence-corrected chi connectivity index (χ0v) is 20.1. The van der Waals surface area contributed by atoms with Gasteiger partial charge in [0.1, 0.15) is 0 Å². The zero-order chi connectivity index (χ0) is 26.3. The average Bonchev–Trinajstić information content (AvgIpc) is 3.64. The monoisotopic (exact) mass is 503 g/mol. The summed E-state index contributed by atoms with van der Waals surface area (Å²) in [5.74, 6) is 0.363. The number of anilines is 1. The normalized spacial score (nSPS) is 20.4. The summed E-state index contributed by atoms with van der Waals surface area (Å²) in [6.07, 6.45) is 4.15. The van der Waals surface area contributed by atoms with Crippen molar-refractivity contribution in [2.75, 3.05) is 4.90 Å². The van der Waals surface area contributed by atoms with Crippen LogP contribution in [0.4, 0.5) is 23.7 Å². The summed E-state index contributed by atoms with van der Waals surface area (Å²) in [6, 6.07) is 10.4. The van der Waals surface area contributed by atoms with Crippen LogP contribution in [0.5, 0.6) is 0 Å². The lowest BCUT2D eigenvalue weighted by molar-refractivity contribution is -0.137. The van der Waals surface area contributed by atoms with Gasteiger partial charge in [0.2, 0.25) is 0 Å². The number of carbonyl (C=O) groups is 2. The van der Waals surface area contributed by atoms with Gasteiger partial charge in [-0.05, 0) is 79.1 Å². The number of halogens is 3. The Labute approximate surface area is 212 Å². The molecule has 5 nitrogen and oxygen atoms in total. The van der Waals surface area contributed by atoms with Crippen LogP contribution in [0.15, 0.2) is 72.0 Å². The summed E-state index contributed by atoms with van der Waals surface area (Å²) in [5.41, 5.74) is 2.64. The van der Waals surface area contributed by atoms with Crippen LogP contribution in [0.25, 0.3) is 5.57 Å². The predicted molar refractivity (Wildman–Crippen MR) is 133 cm³/mol. The summed E-state index contributed by atoms with van der Waals surface area (Å²) >= 11 is 0. The molecule has 8 heteroatoms. The molecule has 0 saturated heterocycles. The number of alkyl halides is 3. The molecular weight excluding hydrogens is 479 g/mol. The molecule has 1 heterocycles. The predicted octanol–water partition coefficient (Wildman–Crippen LogP) is 6.83. The van der Waals surface area contributed by atoms with Crippen molar-refractivity contribution in [3.05, 3.63) is 94.2 Å². The first-order valence-electron chi connectivity index (χ1n) is 12.1. The fourth-order valence-electron chi connectivity index (χ4n) is 4.93. The Hall–Kier alpha value is -4.12. The molecule has 1 fully saturated rings. The summed E-state index contributed by atoms with van der Waals surface area (Å²) < 4.78 is 40.1. The highest BCUT2D eigenvalue weighted by atomic mass is 19.4. The van der Waals surface area contributed by atoms with E-state index in [2.05, 4.69) is 17.5 Å². The Balaban J connectivity index is 1.62. The number of nitriles is 1. The van der Waals surface area contributed by atoms with E-state index in [1.54, 1.807) is 18.2 Å². The summed E-state index contributed by atoms with van der Waals surface area (Å²) in [5, 5.41) is 12.4. The minimum absolute atomic E-state index is 0.0505. The Morgan fingerprint density at radius 1 is 1.14 bits per heavy atom. The van der Waals surface area contributed by atoms with E-state index in [0.717, 1.165) is 36.1 Å². The number of rotatable bonds is 5. The highest BCUT2D eigenvalue weighted by Crippen LogP contribution is 2.43. The number of amides is 2.